The molecule has 2 N–H and O–H groups in total. The number of carbonyl (C=O) groups excluding carboxylic acids is 1. The molecule has 0 radical (unpaired) electrons. The molecule has 0 fully saturated rings. The lowest BCUT2D eigenvalue weighted by molar-refractivity contribution is 0.240. The van der Waals surface area contributed by atoms with Gasteiger partial charge in [0.2, 0.25) is 0 Å². The number of benzene rings is 1. The van der Waals surface area contributed by atoms with Crippen LogP contribution in [-0.4, -0.2) is 12.6 Å². The summed E-state index contributed by atoms with van der Waals surface area (Å²) in [7, 11) is 0. The van der Waals surface area contributed by atoms with Crippen LogP contribution >= 0.6 is 11.3 Å². The average Bonchev–Trinajstić information content (AvgIpc) is 2.97. The van der Waals surface area contributed by atoms with Crippen LogP contribution in [-0.2, 0) is 0 Å². The van der Waals surface area contributed by atoms with Crippen molar-refractivity contribution in [3.63, 3.8) is 0 Å². The molecule has 1 heterocycles. The van der Waals surface area contributed by atoms with Crippen LogP contribution in [0.2, 0.25) is 0 Å². The topological polar surface area (TPSA) is 41.1 Å². The number of urea groups is 1. The van der Waals surface area contributed by atoms with Crippen molar-refractivity contribution in [2.45, 2.75) is 13.0 Å². The van der Waals surface area contributed by atoms with Crippen molar-refractivity contribution in [2.24, 2.45) is 0 Å². The molecule has 4 heteroatoms. The van der Waals surface area contributed by atoms with Gasteiger partial charge in [0, 0.05) is 4.88 Å². The molecule has 2 aromatic rings. The second-order valence-corrected chi connectivity index (χ2v) is 5.37. The van der Waals surface area contributed by atoms with Gasteiger partial charge in [-0.1, -0.05) is 41.8 Å². The van der Waals surface area contributed by atoms with E-state index in [0.29, 0.717) is 0 Å². The van der Waals surface area contributed by atoms with E-state index in [0.717, 1.165) is 10.4 Å². The molecule has 1 aromatic heterocycles. The summed E-state index contributed by atoms with van der Waals surface area (Å²) >= 11 is 1.61. The third-order valence-electron chi connectivity index (χ3n) is 2.86. The van der Waals surface area contributed by atoms with Gasteiger partial charge in [0.25, 0.3) is 0 Å². The van der Waals surface area contributed by atoms with Crippen LogP contribution in [0.3, 0.4) is 0 Å². The highest BCUT2D eigenvalue weighted by molar-refractivity contribution is 7.10. The molecule has 0 spiro atoms. The van der Waals surface area contributed by atoms with Gasteiger partial charge in [-0.25, -0.2) is 4.79 Å². The third kappa shape index (κ3) is 3.62. The van der Waals surface area contributed by atoms with E-state index in [2.05, 4.69) is 16.6 Å². The molecular weight excluding hydrogens is 268 g/mol. The molecule has 0 saturated heterocycles. The normalized spacial score (nSPS) is 11.4. The summed E-state index contributed by atoms with van der Waals surface area (Å²) in [6.07, 6.45) is 5.14. The van der Waals surface area contributed by atoms with Crippen LogP contribution in [0.25, 0.3) is 0 Å². The number of aryl methyl sites for hydroxylation is 1. The molecule has 0 bridgehead atoms. The zero-order valence-electron chi connectivity index (χ0n) is 11.2. The van der Waals surface area contributed by atoms with Crippen LogP contribution in [0.15, 0.2) is 41.8 Å². The zero-order chi connectivity index (χ0) is 14.4. The van der Waals surface area contributed by atoms with Gasteiger partial charge in [-0.3, -0.25) is 0 Å². The molecule has 20 heavy (non-hydrogen) atoms. The Morgan fingerprint density at radius 3 is 2.70 bits per heavy atom. The van der Waals surface area contributed by atoms with Gasteiger partial charge in [-0.05, 0) is 23.9 Å². The number of carbonyl (C=O) groups is 1. The largest absolute Gasteiger partial charge is 0.327 e. The second-order valence-electron chi connectivity index (χ2n) is 4.39. The number of amides is 2. The van der Waals surface area contributed by atoms with E-state index < -0.39 is 0 Å². The SMILES string of the molecule is C#CCNC(=O)N[C@@H](c1ccc(C)cc1)c1cccs1. The molecule has 1 aromatic carbocycles. The Kier molecular flexibility index (Phi) is 4.80. The molecule has 0 saturated carbocycles. The van der Waals surface area contributed by atoms with E-state index in [4.69, 9.17) is 6.42 Å². The van der Waals surface area contributed by atoms with Crippen molar-refractivity contribution >= 4 is 17.4 Å². The fourth-order valence-corrected chi connectivity index (χ4v) is 2.65. The first kappa shape index (κ1) is 14.2. The number of terminal acetylenes is 1. The Morgan fingerprint density at radius 1 is 1.35 bits per heavy atom. The Labute approximate surface area is 123 Å². The Morgan fingerprint density at radius 2 is 2.10 bits per heavy atom. The van der Waals surface area contributed by atoms with Crippen molar-refractivity contribution in [3.8, 4) is 12.3 Å². The minimum atomic E-state index is -0.262. The first-order valence-electron chi connectivity index (χ1n) is 6.28. The van der Waals surface area contributed by atoms with Crippen LogP contribution in [0.4, 0.5) is 4.79 Å². The third-order valence-corrected chi connectivity index (χ3v) is 3.80. The maximum atomic E-state index is 11.8. The fraction of sp³-hybridized carbons (Fsp3) is 0.188. The first-order chi connectivity index (χ1) is 9.70. The summed E-state index contributed by atoms with van der Waals surface area (Å²) in [5, 5.41) is 7.58. The number of hydrogen-bond donors (Lipinski definition) is 2. The highest BCUT2D eigenvalue weighted by atomic mass is 32.1. The van der Waals surface area contributed by atoms with E-state index >= 15 is 0 Å². The lowest BCUT2D eigenvalue weighted by atomic mass is 10.0. The predicted molar refractivity (Wildman–Crippen MR) is 82.7 cm³/mol. The standard InChI is InChI=1S/C16H16N2OS/c1-3-10-17-16(19)18-15(14-5-4-11-20-14)13-8-6-12(2)7-9-13/h1,4-9,11,15H,10H2,2H3,(H2,17,18,19)/t15-/m0/s1. The summed E-state index contributed by atoms with van der Waals surface area (Å²) in [5.74, 6) is 2.38. The lowest BCUT2D eigenvalue weighted by Gasteiger charge is -2.18. The van der Waals surface area contributed by atoms with Gasteiger partial charge in [0.05, 0.1) is 12.6 Å². The van der Waals surface area contributed by atoms with Gasteiger partial charge in [0.1, 0.15) is 0 Å². The second kappa shape index (κ2) is 6.78. The maximum absolute atomic E-state index is 11.8. The summed E-state index contributed by atoms with van der Waals surface area (Å²) in [6.45, 7) is 2.26. The molecule has 0 aliphatic rings. The molecule has 2 amide bonds. The molecule has 0 aliphatic heterocycles. The molecule has 102 valence electrons. The number of hydrogen-bond acceptors (Lipinski definition) is 2. The average molecular weight is 284 g/mol. The van der Waals surface area contributed by atoms with E-state index in [-0.39, 0.29) is 18.6 Å². The Balaban J connectivity index is 2.20. The van der Waals surface area contributed by atoms with Gasteiger partial charge in [0.15, 0.2) is 0 Å². The van der Waals surface area contributed by atoms with Crippen molar-refractivity contribution in [2.75, 3.05) is 6.54 Å². The van der Waals surface area contributed by atoms with E-state index in [1.807, 2.05) is 48.7 Å². The summed E-state index contributed by atoms with van der Waals surface area (Å²) in [4.78, 5) is 12.9. The predicted octanol–water partition coefficient (Wildman–Crippen LogP) is 3.08. The lowest BCUT2D eigenvalue weighted by Crippen LogP contribution is -2.38. The molecule has 0 unspecified atom stereocenters. The summed E-state index contributed by atoms with van der Waals surface area (Å²) in [5.41, 5.74) is 2.24. The highest BCUT2D eigenvalue weighted by Crippen LogP contribution is 2.26. The minimum absolute atomic E-state index is 0.159. The van der Waals surface area contributed by atoms with Gasteiger partial charge >= 0.3 is 6.03 Å². The molecule has 3 nitrogen and oxygen atoms in total. The first-order valence-corrected chi connectivity index (χ1v) is 7.16. The molecular formula is C16H16N2OS. The maximum Gasteiger partial charge on any atom is 0.316 e. The highest BCUT2D eigenvalue weighted by Gasteiger charge is 2.17. The molecule has 1 atom stereocenters. The van der Waals surface area contributed by atoms with Gasteiger partial charge in [-0.15, -0.1) is 17.8 Å². The van der Waals surface area contributed by atoms with Gasteiger partial charge in [-0.2, -0.15) is 0 Å². The van der Waals surface area contributed by atoms with Crippen molar-refractivity contribution in [1.29, 1.82) is 0 Å². The van der Waals surface area contributed by atoms with Crippen molar-refractivity contribution in [3.05, 3.63) is 57.8 Å². The minimum Gasteiger partial charge on any atom is -0.327 e. The van der Waals surface area contributed by atoms with Crippen molar-refractivity contribution in [1.82, 2.24) is 10.6 Å². The van der Waals surface area contributed by atoms with E-state index in [9.17, 15) is 4.79 Å². The molecule has 2 rings (SSSR count). The zero-order valence-corrected chi connectivity index (χ0v) is 12.0. The van der Waals surface area contributed by atoms with Crippen LogP contribution in [0.1, 0.15) is 22.0 Å². The summed E-state index contributed by atoms with van der Waals surface area (Å²) < 4.78 is 0. The van der Waals surface area contributed by atoms with E-state index in [1.165, 1.54) is 5.56 Å². The van der Waals surface area contributed by atoms with Gasteiger partial charge < -0.3 is 10.6 Å². The Hall–Kier alpha value is -2.25. The number of nitrogens with one attached hydrogen (secondary N) is 2. The number of rotatable bonds is 4. The quantitative estimate of drug-likeness (QED) is 0.832. The molecule has 0 aliphatic carbocycles. The van der Waals surface area contributed by atoms with Crippen LogP contribution in [0, 0.1) is 19.3 Å². The van der Waals surface area contributed by atoms with E-state index in [1.54, 1.807) is 11.3 Å². The van der Waals surface area contributed by atoms with Crippen LogP contribution < -0.4 is 10.6 Å². The Bertz CT molecular complexity index is 596. The van der Waals surface area contributed by atoms with Crippen molar-refractivity contribution < 1.29 is 4.79 Å². The summed E-state index contributed by atoms with van der Waals surface area (Å²) in [6, 6.07) is 11.7. The fourth-order valence-electron chi connectivity index (χ4n) is 1.85. The number of thiophene rings is 1. The smallest absolute Gasteiger partial charge is 0.316 e. The van der Waals surface area contributed by atoms with Crippen LogP contribution in [0.5, 0.6) is 0 Å². The monoisotopic (exact) mass is 284 g/mol.